The first-order valence-electron chi connectivity index (χ1n) is 5.82. The van der Waals surface area contributed by atoms with E-state index in [4.69, 9.17) is 5.73 Å². The summed E-state index contributed by atoms with van der Waals surface area (Å²) in [5.74, 6) is -0.843. The van der Waals surface area contributed by atoms with Crippen molar-refractivity contribution in [3.05, 3.63) is 29.8 Å². The summed E-state index contributed by atoms with van der Waals surface area (Å²) in [6.07, 6.45) is 2.27. The van der Waals surface area contributed by atoms with Crippen molar-refractivity contribution in [1.82, 2.24) is 0 Å². The molecule has 1 saturated carbocycles. The standard InChI is InChI=1S/C13H17NO3/c14-8-11(9-3-1-4-10(15)7-9)13(12(16)17)5-2-6-13/h1,3-4,7,11,15H,2,5-6,8,14H2,(H,16,17)/t11-/m1/s1. The van der Waals surface area contributed by atoms with Crippen LogP contribution in [0, 0.1) is 5.41 Å². The number of phenols is 1. The Bertz CT molecular complexity index is 426. The Morgan fingerprint density at radius 2 is 2.18 bits per heavy atom. The molecule has 0 bridgehead atoms. The molecule has 2 rings (SSSR count). The van der Waals surface area contributed by atoms with Crippen LogP contribution in [0.25, 0.3) is 0 Å². The van der Waals surface area contributed by atoms with Gasteiger partial charge in [0, 0.05) is 12.5 Å². The molecular weight excluding hydrogens is 218 g/mol. The van der Waals surface area contributed by atoms with E-state index >= 15 is 0 Å². The Morgan fingerprint density at radius 3 is 2.59 bits per heavy atom. The van der Waals surface area contributed by atoms with E-state index in [2.05, 4.69) is 0 Å². The zero-order valence-corrected chi connectivity index (χ0v) is 9.60. The Labute approximate surface area is 100 Å². The average Bonchev–Trinajstić information content (AvgIpc) is 2.22. The van der Waals surface area contributed by atoms with E-state index < -0.39 is 11.4 Å². The lowest BCUT2D eigenvalue weighted by atomic mass is 9.59. The van der Waals surface area contributed by atoms with Gasteiger partial charge in [-0.1, -0.05) is 18.6 Å². The molecule has 0 radical (unpaired) electrons. The number of aromatic hydroxyl groups is 1. The van der Waals surface area contributed by atoms with Gasteiger partial charge in [0.05, 0.1) is 5.41 Å². The highest BCUT2D eigenvalue weighted by Crippen LogP contribution is 2.51. The number of hydrogen-bond acceptors (Lipinski definition) is 3. The third-order valence-electron chi connectivity index (χ3n) is 3.85. The van der Waals surface area contributed by atoms with Gasteiger partial charge in [-0.25, -0.2) is 0 Å². The van der Waals surface area contributed by atoms with Gasteiger partial charge in [0.15, 0.2) is 0 Å². The van der Waals surface area contributed by atoms with Gasteiger partial charge in [0.1, 0.15) is 5.75 Å². The van der Waals surface area contributed by atoms with Crippen molar-refractivity contribution >= 4 is 5.97 Å². The molecule has 4 heteroatoms. The van der Waals surface area contributed by atoms with Crippen LogP contribution in [-0.2, 0) is 4.79 Å². The summed E-state index contributed by atoms with van der Waals surface area (Å²) < 4.78 is 0. The normalized spacial score (nSPS) is 19.4. The molecule has 0 heterocycles. The third kappa shape index (κ3) is 1.89. The molecule has 1 atom stereocenters. The van der Waals surface area contributed by atoms with Crippen molar-refractivity contribution in [2.45, 2.75) is 25.2 Å². The summed E-state index contributed by atoms with van der Waals surface area (Å²) in [5.41, 5.74) is 5.82. The van der Waals surface area contributed by atoms with Crippen molar-refractivity contribution < 1.29 is 15.0 Å². The van der Waals surface area contributed by atoms with Crippen molar-refractivity contribution in [3.63, 3.8) is 0 Å². The van der Waals surface area contributed by atoms with Crippen molar-refractivity contribution in [2.75, 3.05) is 6.54 Å². The molecule has 1 aliphatic rings. The zero-order valence-electron chi connectivity index (χ0n) is 9.60. The van der Waals surface area contributed by atoms with Crippen LogP contribution in [0.5, 0.6) is 5.75 Å². The zero-order chi connectivity index (χ0) is 12.5. The van der Waals surface area contributed by atoms with Gasteiger partial charge in [-0.15, -0.1) is 0 Å². The molecule has 1 aromatic carbocycles. The summed E-state index contributed by atoms with van der Waals surface area (Å²) in [4.78, 5) is 11.4. The van der Waals surface area contributed by atoms with Gasteiger partial charge in [-0.3, -0.25) is 4.79 Å². The van der Waals surface area contributed by atoms with E-state index in [1.807, 2.05) is 6.07 Å². The van der Waals surface area contributed by atoms with Crippen LogP contribution in [0.15, 0.2) is 24.3 Å². The maximum atomic E-state index is 11.4. The van der Waals surface area contributed by atoms with E-state index in [0.717, 1.165) is 12.0 Å². The topological polar surface area (TPSA) is 83.5 Å². The van der Waals surface area contributed by atoms with Gasteiger partial charge in [-0.2, -0.15) is 0 Å². The van der Waals surface area contributed by atoms with Gasteiger partial charge >= 0.3 is 5.97 Å². The van der Waals surface area contributed by atoms with Gasteiger partial charge < -0.3 is 15.9 Å². The molecule has 4 nitrogen and oxygen atoms in total. The lowest BCUT2D eigenvalue weighted by Crippen LogP contribution is -2.45. The number of hydrogen-bond donors (Lipinski definition) is 3. The molecular formula is C13H17NO3. The summed E-state index contributed by atoms with van der Waals surface area (Å²) in [7, 11) is 0. The number of phenolic OH excluding ortho intramolecular Hbond substituents is 1. The van der Waals surface area contributed by atoms with Gasteiger partial charge in [0.2, 0.25) is 0 Å². The molecule has 0 aromatic heterocycles. The minimum Gasteiger partial charge on any atom is -0.508 e. The molecule has 0 saturated heterocycles. The van der Waals surface area contributed by atoms with Crippen molar-refractivity contribution in [3.8, 4) is 5.75 Å². The molecule has 1 fully saturated rings. The first-order chi connectivity index (χ1) is 8.10. The highest BCUT2D eigenvalue weighted by atomic mass is 16.4. The Morgan fingerprint density at radius 1 is 1.47 bits per heavy atom. The highest BCUT2D eigenvalue weighted by Gasteiger charge is 2.50. The molecule has 1 aromatic rings. The fourth-order valence-electron chi connectivity index (χ4n) is 2.69. The quantitative estimate of drug-likeness (QED) is 0.741. The van der Waals surface area contributed by atoms with Crippen LogP contribution < -0.4 is 5.73 Å². The largest absolute Gasteiger partial charge is 0.508 e. The molecule has 1 aliphatic carbocycles. The Kier molecular flexibility index (Phi) is 3.07. The van der Waals surface area contributed by atoms with E-state index in [1.54, 1.807) is 18.2 Å². The first kappa shape index (κ1) is 11.9. The number of carboxylic acids is 1. The number of rotatable bonds is 4. The Balaban J connectivity index is 2.36. The maximum absolute atomic E-state index is 11.4. The summed E-state index contributed by atoms with van der Waals surface area (Å²) >= 11 is 0. The number of carboxylic acid groups (broad SMARTS) is 1. The summed E-state index contributed by atoms with van der Waals surface area (Å²) in [6.45, 7) is 0.287. The van der Waals surface area contributed by atoms with E-state index in [-0.39, 0.29) is 18.2 Å². The first-order valence-corrected chi connectivity index (χ1v) is 5.82. The predicted molar refractivity (Wildman–Crippen MR) is 63.8 cm³/mol. The van der Waals surface area contributed by atoms with Crippen LogP contribution in [-0.4, -0.2) is 22.7 Å². The van der Waals surface area contributed by atoms with Crippen molar-refractivity contribution in [1.29, 1.82) is 0 Å². The third-order valence-corrected chi connectivity index (χ3v) is 3.85. The van der Waals surface area contributed by atoms with Crippen LogP contribution in [0.3, 0.4) is 0 Å². The van der Waals surface area contributed by atoms with E-state index in [0.29, 0.717) is 12.8 Å². The van der Waals surface area contributed by atoms with Crippen LogP contribution >= 0.6 is 0 Å². The summed E-state index contributed by atoms with van der Waals surface area (Å²) in [6, 6.07) is 6.74. The monoisotopic (exact) mass is 235 g/mol. The summed E-state index contributed by atoms with van der Waals surface area (Å²) in [5, 5.41) is 18.9. The SMILES string of the molecule is NC[C@H](c1cccc(O)c1)C1(C(=O)O)CCC1. The number of nitrogens with two attached hydrogens (primary N) is 1. The second-order valence-corrected chi connectivity index (χ2v) is 4.70. The fourth-order valence-corrected chi connectivity index (χ4v) is 2.69. The second-order valence-electron chi connectivity index (χ2n) is 4.70. The lowest BCUT2D eigenvalue weighted by Gasteiger charge is -2.44. The molecule has 0 unspecified atom stereocenters. The minimum atomic E-state index is -0.775. The average molecular weight is 235 g/mol. The lowest BCUT2D eigenvalue weighted by molar-refractivity contribution is -0.156. The molecule has 17 heavy (non-hydrogen) atoms. The molecule has 0 spiro atoms. The molecule has 92 valence electrons. The van der Waals surface area contributed by atoms with E-state index in [1.165, 1.54) is 0 Å². The highest BCUT2D eigenvalue weighted by molar-refractivity contribution is 5.77. The predicted octanol–water partition coefficient (Wildman–Crippen LogP) is 1.69. The van der Waals surface area contributed by atoms with Crippen LogP contribution in [0.4, 0.5) is 0 Å². The van der Waals surface area contributed by atoms with Gasteiger partial charge in [0.25, 0.3) is 0 Å². The van der Waals surface area contributed by atoms with Crippen LogP contribution in [0.1, 0.15) is 30.7 Å². The molecule has 0 amide bonds. The smallest absolute Gasteiger partial charge is 0.310 e. The minimum absolute atomic E-state index is 0.154. The maximum Gasteiger partial charge on any atom is 0.310 e. The van der Waals surface area contributed by atoms with Gasteiger partial charge in [-0.05, 0) is 30.5 Å². The molecule has 0 aliphatic heterocycles. The van der Waals surface area contributed by atoms with E-state index in [9.17, 15) is 15.0 Å². The van der Waals surface area contributed by atoms with Crippen molar-refractivity contribution in [2.24, 2.45) is 11.1 Å². The van der Waals surface area contributed by atoms with Crippen LogP contribution in [0.2, 0.25) is 0 Å². The second kappa shape index (κ2) is 4.37. The molecule has 4 N–H and O–H groups in total. The number of benzene rings is 1. The number of carbonyl (C=O) groups is 1. The Hall–Kier alpha value is -1.55. The number of aliphatic carboxylic acids is 1. The fraction of sp³-hybridized carbons (Fsp3) is 0.462.